The van der Waals surface area contributed by atoms with Crippen LogP contribution in [0.1, 0.15) is 37.3 Å². The molecule has 2 aromatic rings. The van der Waals surface area contributed by atoms with Gasteiger partial charge in [-0.3, -0.25) is 14.3 Å². The van der Waals surface area contributed by atoms with Gasteiger partial charge in [0.1, 0.15) is 5.82 Å². The Hall–Kier alpha value is -2.15. The molecule has 0 spiro atoms. The molecule has 7 heteroatoms. The molecular formula is C17H21FN4O2. The van der Waals surface area contributed by atoms with E-state index in [1.165, 1.54) is 6.07 Å². The number of nitrogens with zero attached hydrogens (tertiary/aromatic N) is 2. The van der Waals surface area contributed by atoms with Crippen LogP contribution in [0.2, 0.25) is 0 Å². The van der Waals surface area contributed by atoms with Crippen molar-refractivity contribution in [2.75, 3.05) is 18.0 Å². The predicted molar refractivity (Wildman–Crippen MR) is 91.2 cm³/mol. The monoisotopic (exact) mass is 332 g/mol. The van der Waals surface area contributed by atoms with Crippen LogP contribution in [0, 0.1) is 12.7 Å². The molecule has 2 heterocycles. The third-order valence-corrected chi connectivity index (χ3v) is 5.07. The van der Waals surface area contributed by atoms with E-state index in [0.717, 1.165) is 32.2 Å². The quantitative estimate of drug-likeness (QED) is 0.871. The van der Waals surface area contributed by atoms with Gasteiger partial charge in [0.15, 0.2) is 0 Å². The van der Waals surface area contributed by atoms with Gasteiger partial charge in [-0.25, -0.2) is 9.18 Å². The molecule has 1 aromatic heterocycles. The summed E-state index contributed by atoms with van der Waals surface area (Å²) < 4.78 is 16.4. The van der Waals surface area contributed by atoms with Crippen LogP contribution in [0.4, 0.5) is 10.1 Å². The van der Waals surface area contributed by atoms with Gasteiger partial charge >= 0.3 is 5.69 Å². The van der Waals surface area contributed by atoms with Crippen LogP contribution in [-0.4, -0.2) is 28.7 Å². The number of hydrogen-bond acceptors (Lipinski definition) is 4. The Morgan fingerprint density at radius 1 is 1.29 bits per heavy atom. The maximum Gasteiger partial charge on any atom is 0.329 e. The standard InChI is InChI=1S/C17H21FN4O2/c1-9-14-12(16(23)20-17(24)22(14)11-4-5-11)7-13(18)15(9)21-6-2-3-10(19)8-21/h7,10-11H,2-6,8,19H2,1H3,(H,20,23,24). The van der Waals surface area contributed by atoms with Crippen LogP contribution in [0.25, 0.3) is 10.9 Å². The maximum atomic E-state index is 14.8. The number of halogens is 1. The van der Waals surface area contributed by atoms with Gasteiger partial charge in [-0.1, -0.05) is 0 Å². The number of aromatic amines is 1. The Kier molecular flexibility index (Phi) is 3.49. The van der Waals surface area contributed by atoms with Gasteiger partial charge in [-0.2, -0.15) is 0 Å². The average molecular weight is 332 g/mol. The number of aromatic nitrogens is 2. The van der Waals surface area contributed by atoms with E-state index in [1.807, 2.05) is 4.90 Å². The molecule has 24 heavy (non-hydrogen) atoms. The van der Waals surface area contributed by atoms with Crippen molar-refractivity contribution in [3.63, 3.8) is 0 Å². The Morgan fingerprint density at radius 3 is 2.71 bits per heavy atom. The van der Waals surface area contributed by atoms with E-state index >= 15 is 0 Å². The lowest BCUT2D eigenvalue weighted by Gasteiger charge is -2.34. The number of hydrogen-bond donors (Lipinski definition) is 2. The molecule has 1 aliphatic heterocycles. The zero-order valence-electron chi connectivity index (χ0n) is 13.6. The van der Waals surface area contributed by atoms with Crippen molar-refractivity contribution >= 4 is 16.6 Å². The number of aryl methyl sites for hydroxylation is 1. The van der Waals surface area contributed by atoms with Gasteiger partial charge in [-0.15, -0.1) is 0 Å². The Labute approximate surface area is 138 Å². The highest BCUT2D eigenvalue weighted by Gasteiger charge is 2.30. The lowest BCUT2D eigenvalue weighted by molar-refractivity contribution is 0.497. The van der Waals surface area contributed by atoms with E-state index < -0.39 is 17.1 Å². The number of anilines is 1. The molecule has 2 aliphatic rings. The predicted octanol–water partition coefficient (Wildman–Crippen LogP) is 1.40. The number of fused-ring (bicyclic) bond motifs is 1. The third kappa shape index (κ3) is 2.34. The van der Waals surface area contributed by atoms with E-state index in [0.29, 0.717) is 23.3 Å². The highest BCUT2D eigenvalue weighted by Crippen LogP contribution is 2.38. The lowest BCUT2D eigenvalue weighted by atomic mass is 10.0. The summed E-state index contributed by atoms with van der Waals surface area (Å²) in [6, 6.07) is 1.37. The average Bonchev–Trinajstić information content (AvgIpc) is 3.33. The third-order valence-electron chi connectivity index (χ3n) is 5.07. The minimum atomic E-state index is -0.532. The largest absolute Gasteiger partial charge is 0.367 e. The highest BCUT2D eigenvalue weighted by molar-refractivity contribution is 5.87. The first-order valence-electron chi connectivity index (χ1n) is 8.45. The first-order chi connectivity index (χ1) is 11.5. The van der Waals surface area contributed by atoms with Crippen molar-refractivity contribution in [1.82, 2.24) is 9.55 Å². The number of benzene rings is 1. The fourth-order valence-electron chi connectivity index (χ4n) is 3.85. The summed E-state index contributed by atoms with van der Waals surface area (Å²) in [6.07, 6.45) is 3.64. The summed E-state index contributed by atoms with van der Waals surface area (Å²) in [4.78, 5) is 28.7. The van der Waals surface area contributed by atoms with E-state index in [4.69, 9.17) is 5.73 Å². The molecule has 6 nitrogen and oxygen atoms in total. The number of nitrogens with one attached hydrogen (secondary N) is 1. The molecule has 1 atom stereocenters. The van der Waals surface area contributed by atoms with E-state index in [9.17, 15) is 14.0 Å². The van der Waals surface area contributed by atoms with Crippen molar-refractivity contribution in [3.05, 3.63) is 38.3 Å². The van der Waals surface area contributed by atoms with Crippen LogP contribution in [0.5, 0.6) is 0 Å². The lowest BCUT2D eigenvalue weighted by Crippen LogP contribution is -2.43. The van der Waals surface area contributed by atoms with Gasteiger partial charge in [-0.05, 0) is 38.7 Å². The Balaban J connectivity index is 2.00. The van der Waals surface area contributed by atoms with Crippen molar-refractivity contribution in [2.45, 2.75) is 44.7 Å². The molecule has 128 valence electrons. The zero-order valence-corrected chi connectivity index (χ0v) is 13.6. The normalized spacial score (nSPS) is 21.5. The number of H-pyrrole nitrogens is 1. The minimum absolute atomic E-state index is 0.0121. The zero-order chi connectivity index (χ0) is 17.0. The Morgan fingerprint density at radius 2 is 2.04 bits per heavy atom. The molecule has 3 N–H and O–H groups in total. The molecule has 0 amide bonds. The number of nitrogens with two attached hydrogens (primary N) is 1. The molecule has 0 radical (unpaired) electrons. The Bertz CT molecular complexity index is 929. The van der Waals surface area contributed by atoms with Gasteiger partial charge in [0.05, 0.1) is 16.6 Å². The maximum absolute atomic E-state index is 14.8. The van der Waals surface area contributed by atoms with Gasteiger partial charge in [0, 0.05) is 30.7 Å². The minimum Gasteiger partial charge on any atom is -0.367 e. The van der Waals surface area contributed by atoms with Gasteiger partial charge < -0.3 is 10.6 Å². The van der Waals surface area contributed by atoms with Crippen molar-refractivity contribution in [2.24, 2.45) is 5.73 Å². The summed E-state index contributed by atoms with van der Waals surface area (Å²) >= 11 is 0. The van der Waals surface area contributed by atoms with Crippen molar-refractivity contribution < 1.29 is 4.39 Å². The molecule has 1 aliphatic carbocycles. The van der Waals surface area contributed by atoms with Crippen molar-refractivity contribution in [3.8, 4) is 0 Å². The van der Waals surface area contributed by atoms with Crippen LogP contribution in [-0.2, 0) is 0 Å². The fourth-order valence-corrected chi connectivity index (χ4v) is 3.85. The molecular weight excluding hydrogens is 311 g/mol. The molecule has 1 saturated heterocycles. The molecule has 1 unspecified atom stereocenters. The first-order valence-corrected chi connectivity index (χ1v) is 8.45. The van der Waals surface area contributed by atoms with Crippen LogP contribution < -0.4 is 21.9 Å². The van der Waals surface area contributed by atoms with Crippen LogP contribution in [0.3, 0.4) is 0 Å². The van der Waals surface area contributed by atoms with E-state index in [2.05, 4.69) is 4.98 Å². The van der Waals surface area contributed by atoms with Gasteiger partial charge in [0.25, 0.3) is 5.56 Å². The summed E-state index contributed by atoms with van der Waals surface area (Å²) in [6.45, 7) is 3.10. The number of rotatable bonds is 2. The second-order valence-electron chi connectivity index (χ2n) is 6.94. The van der Waals surface area contributed by atoms with Gasteiger partial charge in [0.2, 0.25) is 0 Å². The first kappa shape index (κ1) is 15.4. The van der Waals surface area contributed by atoms with E-state index in [-0.39, 0.29) is 17.5 Å². The molecule has 2 fully saturated rings. The summed E-state index contributed by atoms with van der Waals surface area (Å²) in [7, 11) is 0. The fraction of sp³-hybridized carbons (Fsp3) is 0.529. The molecule has 1 aromatic carbocycles. The van der Waals surface area contributed by atoms with Crippen LogP contribution in [0.15, 0.2) is 15.7 Å². The van der Waals surface area contributed by atoms with Crippen LogP contribution >= 0.6 is 0 Å². The molecule has 1 saturated carbocycles. The number of piperidine rings is 1. The SMILES string of the molecule is Cc1c(N2CCCC(N)C2)c(F)cc2c(=O)[nH]c(=O)n(C3CC3)c12. The summed E-state index contributed by atoms with van der Waals surface area (Å²) in [5.74, 6) is -0.430. The molecule has 0 bridgehead atoms. The second-order valence-corrected chi connectivity index (χ2v) is 6.94. The summed E-state index contributed by atoms with van der Waals surface area (Å²) in [5, 5.41) is 0.238. The van der Waals surface area contributed by atoms with Crippen molar-refractivity contribution in [1.29, 1.82) is 0 Å². The topological polar surface area (TPSA) is 84.1 Å². The summed E-state index contributed by atoms with van der Waals surface area (Å²) in [5.41, 5.74) is 6.77. The van der Waals surface area contributed by atoms with E-state index in [1.54, 1.807) is 11.5 Å². The highest BCUT2D eigenvalue weighted by atomic mass is 19.1. The second kappa shape index (κ2) is 5.44. The molecule has 4 rings (SSSR count). The smallest absolute Gasteiger partial charge is 0.329 e.